The van der Waals surface area contributed by atoms with Gasteiger partial charge in [-0.3, -0.25) is 4.79 Å². The molecule has 0 atom stereocenters. The number of thiophene rings is 2. The Kier molecular flexibility index (Phi) is 15.5. The third-order valence-electron chi connectivity index (χ3n) is 10.1. The van der Waals surface area contributed by atoms with Crippen molar-refractivity contribution in [2.45, 2.75) is 71.2 Å². The largest absolute Gasteiger partial charge is 0.488 e. The normalized spacial score (nSPS) is 13.1. The molecule has 2 N–H and O–H groups in total. The quantitative estimate of drug-likeness (QED) is 0.126. The molecule has 0 spiro atoms. The lowest BCUT2D eigenvalue weighted by Gasteiger charge is -2.20. The van der Waals surface area contributed by atoms with Gasteiger partial charge in [0.2, 0.25) is 5.91 Å². The summed E-state index contributed by atoms with van der Waals surface area (Å²) in [5, 5.41) is 5.85. The Morgan fingerprint density at radius 3 is 1.74 bits per heavy atom. The van der Waals surface area contributed by atoms with Gasteiger partial charge >= 0.3 is 18.4 Å². The van der Waals surface area contributed by atoms with E-state index in [0.717, 1.165) is 41.2 Å². The first-order valence-corrected chi connectivity index (χ1v) is 22.1. The Labute approximate surface area is 387 Å². The molecular weight excluding hydrogens is 912 g/mol. The summed E-state index contributed by atoms with van der Waals surface area (Å²) in [6.07, 6.45) is -7.72. The molecule has 0 saturated heterocycles. The van der Waals surface area contributed by atoms with E-state index in [1.807, 2.05) is 24.3 Å². The number of benzene rings is 4. The fraction of sp³-hybridized carbons (Fsp3) is 0.292. The van der Waals surface area contributed by atoms with Gasteiger partial charge in [-0.15, -0.1) is 35.1 Å². The molecule has 8 rings (SSSR count). The van der Waals surface area contributed by atoms with Crippen molar-refractivity contribution in [1.29, 1.82) is 0 Å². The summed E-state index contributed by atoms with van der Waals surface area (Å²) >= 11 is 1.42. The highest BCUT2D eigenvalue weighted by molar-refractivity contribution is 7.13. The van der Waals surface area contributed by atoms with E-state index in [2.05, 4.69) is 10.6 Å². The lowest BCUT2D eigenvalue weighted by molar-refractivity contribution is -0.134. The number of rotatable bonds is 11. The van der Waals surface area contributed by atoms with Gasteiger partial charge in [0, 0.05) is 58.3 Å². The number of nitrogens with zero attached hydrogens (tertiary/aromatic N) is 1. The third-order valence-corrected chi connectivity index (χ3v) is 12.4. The summed E-state index contributed by atoms with van der Waals surface area (Å²) in [6, 6.07) is 31.3. The predicted octanol–water partition coefficient (Wildman–Crippen LogP) is 13.2. The van der Waals surface area contributed by atoms with Crippen molar-refractivity contribution < 1.29 is 50.1 Å². The highest BCUT2D eigenvalue weighted by atomic mass is 35.5. The van der Waals surface area contributed by atoms with Crippen molar-refractivity contribution in [2.24, 2.45) is 0 Å². The molecule has 6 aromatic rings. The second-order valence-corrected chi connectivity index (χ2v) is 18.2. The van der Waals surface area contributed by atoms with Crippen molar-refractivity contribution >= 4 is 58.5 Å². The van der Waals surface area contributed by atoms with E-state index < -0.39 is 33.8 Å². The Morgan fingerprint density at radius 2 is 1.22 bits per heavy atom. The molecule has 2 aromatic heterocycles. The number of alkyl halides is 6. The van der Waals surface area contributed by atoms with E-state index >= 15 is 0 Å². The van der Waals surface area contributed by atoms with E-state index in [0.29, 0.717) is 56.7 Å². The van der Waals surface area contributed by atoms with Gasteiger partial charge in [-0.25, -0.2) is 4.79 Å². The number of hydrogen-bond donors (Lipinski definition) is 2. The van der Waals surface area contributed by atoms with Crippen molar-refractivity contribution in [3.63, 3.8) is 0 Å². The van der Waals surface area contributed by atoms with Gasteiger partial charge in [-0.2, -0.15) is 26.3 Å². The summed E-state index contributed by atoms with van der Waals surface area (Å²) in [7, 11) is 0. The summed E-state index contributed by atoms with van der Waals surface area (Å²) < 4.78 is 98.0. The predicted molar refractivity (Wildman–Crippen MR) is 245 cm³/mol. The zero-order valence-electron chi connectivity index (χ0n) is 35.5. The van der Waals surface area contributed by atoms with Crippen LogP contribution in [0.2, 0.25) is 0 Å². The first-order chi connectivity index (χ1) is 30.4. The SMILES string of the molecule is CC(C)(C)OC(=O)NCCC(=O)N1CCc2cc(OCc3cc(-c4ccccc4)c(C(F)(F)F)s3)ccc21.Cl.FC(F)(F)c1sc(COc2ccc3c(c2)CCN3)cc1-c1ccccc1. The number of amides is 2. The van der Waals surface area contributed by atoms with Gasteiger partial charge in [0.05, 0.1) is 0 Å². The summed E-state index contributed by atoms with van der Waals surface area (Å²) in [4.78, 5) is 25.9. The van der Waals surface area contributed by atoms with Gasteiger partial charge in [-0.05, 0) is 104 Å². The molecular formula is C48H46ClF6N3O5S2. The van der Waals surface area contributed by atoms with Crippen LogP contribution in [0.3, 0.4) is 0 Å². The maximum Gasteiger partial charge on any atom is 0.426 e. The summed E-state index contributed by atoms with van der Waals surface area (Å²) in [5.74, 6) is 1.07. The molecule has 344 valence electrons. The fourth-order valence-corrected chi connectivity index (χ4v) is 9.16. The molecule has 65 heavy (non-hydrogen) atoms. The Balaban J connectivity index is 0.000000226. The lowest BCUT2D eigenvalue weighted by atomic mass is 10.1. The zero-order chi connectivity index (χ0) is 45.6. The minimum absolute atomic E-state index is 0. The topological polar surface area (TPSA) is 89.1 Å². The second kappa shape index (κ2) is 20.6. The number of anilines is 2. The summed E-state index contributed by atoms with van der Waals surface area (Å²) in [6.45, 7) is 6.97. The molecule has 0 radical (unpaired) electrons. The van der Waals surface area contributed by atoms with Gasteiger partial charge in [-0.1, -0.05) is 60.7 Å². The minimum atomic E-state index is -4.46. The number of carbonyl (C=O) groups excluding carboxylic acids is 2. The van der Waals surface area contributed by atoms with Gasteiger partial charge < -0.3 is 29.7 Å². The molecule has 0 saturated carbocycles. The van der Waals surface area contributed by atoms with E-state index in [-0.39, 0.29) is 55.6 Å². The average molecular weight is 958 g/mol. The smallest absolute Gasteiger partial charge is 0.426 e. The number of hydrogen-bond acceptors (Lipinski definition) is 8. The van der Waals surface area contributed by atoms with Crippen LogP contribution in [0.15, 0.2) is 109 Å². The molecule has 0 bridgehead atoms. The number of halogens is 7. The Bertz CT molecular complexity index is 2580. The number of carbonyl (C=O) groups is 2. The summed E-state index contributed by atoms with van der Waals surface area (Å²) in [5.41, 5.74) is 4.76. The fourth-order valence-electron chi connectivity index (χ4n) is 7.24. The number of nitrogens with one attached hydrogen (secondary N) is 2. The highest BCUT2D eigenvalue weighted by Gasteiger charge is 2.37. The van der Waals surface area contributed by atoms with Gasteiger partial charge in [0.25, 0.3) is 0 Å². The van der Waals surface area contributed by atoms with Crippen LogP contribution in [0.5, 0.6) is 11.5 Å². The molecule has 0 fully saturated rings. The standard InChI is InChI=1S/C28H29F3N2O4S.C20H16F3NOS.ClH/c1-27(2,3)37-26(35)32-13-11-24(34)33-14-12-19-15-20(9-10-23(19)33)36-17-21-16-22(18-7-5-4-6-8-18)25(38-21)28(29,30)31;21-20(22,23)19-17(13-4-2-1-3-5-13)11-16(26-19)12-25-15-6-7-18-14(10-15)8-9-24-18;/h4-10,15-16H,11-14,17H2,1-3H3,(H,32,35);1-7,10-11,24H,8-9,12H2;1H. The monoisotopic (exact) mass is 957 g/mol. The first-order valence-electron chi connectivity index (χ1n) is 20.4. The van der Waals surface area contributed by atoms with Crippen LogP contribution in [0.1, 0.15) is 57.8 Å². The minimum Gasteiger partial charge on any atom is -0.488 e. The van der Waals surface area contributed by atoms with Crippen molar-refractivity contribution in [1.82, 2.24) is 5.32 Å². The van der Waals surface area contributed by atoms with Crippen LogP contribution in [-0.2, 0) is 47.9 Å². The number of ether oxygens (including phenoxy) is 3. The second-order valence-electron chi connectivity index (χ2n) is 16.0. The molecule has 0 unspecified atom stereocenters. The lowest BCUT2D eigenvalue weighted by Crippen LogP contribution is -2.36. The van der Waals surface area contributed by atoms with E-state index in [9.17, 15) is 35.9 Å². The van der Waals surface area contributed by atoms with Crippen molar-refractivity contribution in [3.05, 3.63) is 140 Å². The maximum absolute atomic E-state index is 13.7. The molecule has 2 amide bonds. The molecule has 2 aliphatic rings. The Morgan fingerprint density at radius 1 is 0.692 bits per heavy atom. The molecule has 8 nitrogen and oxygen atoms in total. The maximum atomic E-state index is 13.7. The molecule has 17 heteroatoms. The molecule has 4 aromatic carbocycles. The van der Waals surface area contributed by atoms with Gasteiger partial charge in [0.15, 0.2) is 0 Å². The van der Waals surface area contributed by atoms with Crippen LogP contribution < -0.4 is 25.0 Å². The van der Waals surface area contributed by atoms with Crippen LogP contribution >= 0.6 is 35.1 Å². The average Bonchev–Trinajstić information content (AvgIpc) is 4.07. The highest BCUT2D eigenvalue weighted by Crippen LogP contribution is 2.45. The Hall–Kier alpha value is -5.71. The first kappa shape index (κ1) is 48.7. The van der Waals surface area contributed by atoms with E-state index in [1.165, 1.54) is 11.6 Å². The number of alkyl carbamates (subject to hydrolysis) is 1. The molecule has 0 aliphatic carbocycles. The van der Waals surface area contributed by atoms with Crippen LogP contribution in [0.25, 0.3) is 22.3 Å². The van der Waals surface area contributed by atoms with E-state index in [1.54, 1.807) is 105 Å². The van der Waals surface area contributed by atoms with Crippen LogP contribution in [0, 0.1) is 0 Å². The van der Waals surface area contributed by atoms with Crippen molar-refractivity contribution in [2.75, 3.05) is 29.9 Å². The zero-order valence-corrected chi connectivity index (χ0v) is 38.0. The van der Waals surface area contributed by atoms with E-state index in [4.69, 9.17) is 14.2 Å². The van der Waals surface area contributed by atoms with Crippen LogP contribution in [0.4, 0.5) is 42.5 Å². The van der Waals surface area contributed by atoms with Crippen molar-refractivity contribution in [3.8, 4) is 33.8 Å². The molecule has 2 aliphatic heterocycles. The third kappa shape index (κ3) is 12.8. The molecule has 4 heterocycles. The van der Waals surface area contributed by atoms with Gasteiger partial charge in [0.1, 0.15) is 40.1 Å². The number of fused-ring (bicyclic) bond motifs is 2. The van der Waals surface area contributed by atoms with Crippen LogP contribution in [-0.4, -0.2) is 37.2 Å².